The zero-order chi connectivity index (χ0) is 19.9. The van der Waals surface area contributed by atoms with E-state index in [1.807, 2.05) is 36.4 Å². The first-order valence-electron chi connectivity index (χ1n) is 9.08. The highest BCUT2D eigenvalue weighted by molar-refractivity contribution is 8.15. The van der Waals surface area contributed by atoms with Crippen molar-refractivity contribution in [2.45, 2.75) is 31.6 Å². The van der Waals surface area contributed by atoms with Gasteiger partial charge in [-0.25, -0.2) is 0 Å². The van der Waals surface area contributed by atoms with E-state index in [2.05, 4.69) is 17.1 Å². The standard InChI is InChI=1S/C21H22ClN3O2S/c1-3-4-19-20(26)25(14-16-7-11-18(27-2)12-8-16)21(28-19)24-23-13-15-5-9-17(22)10-6-15/h5-13,19H,3-4,14H2,1-2H3/b23-13+,24-21+. The van der Waals surface area contributed by atoms with E-state index >= 15 is 0 Å². The van der Waals surface area contributed by atoms with Gasteiger partial charge in [0.15, 0.2) is 5.17 Å². The Kier molecular flexibility index (Phi) is 7.12. The van der Waals surface area contributed by atoms with E-state index in [1.165, 1.54) is 11.8 Å². The second kappa shape index (κ2) is 9.75. The molecule has 1 atom stereocenters. The molecule has 0 bridgehead atoms. The van der Waals surface area contributed by atoms with Crippen molar-refractivity contribution in [2.75, 3.05) is 7.11 Å². The summed E-state index contributed by atoms with van der Waals surface area (Å²) in [7, 11) is 1.63. The van der Waals surface area contributed by atoms with Crippen LogP contribution in [0.2, 0.25) is 5.02 Å². The number of ether oxygens (including phenoxy) is 1. The molecule has 1 fully saturated rings. The van der Waals surface area contributed by atoms with E-state index in [1.54, 1.807) is 30.4 Å². The lowest BCUT2D eigenvalue weighted by Gasteiger charge is -2.16. The number of nitrogens with zero attached hydrogens (tertiary/aromatic N) is 3. The largest absolute Gasteiger partial charge is 0.497 e. The van der Waals surface area contributed by atoms with Crippen molar-refractivity contribution in [1.29, 1.82) is 0 Å². The van der Waals surface area contributed by atoms with Gasteiger partial charge < -0.3 is 4.74 Å². The van der Waals surface area contributed by atoms with E-state index in [0.29, 0.717) is 16.7 Å². The maximum atomic E-state index is 12.8. The quantitative estimate of drug-likeness (QED) is 0.473. The summed E-state index contributed by atoms with van der Waals surface area (Å²) < 4.78 is 5.20. The highest BCUT2D eigenvalue weighted by Gasteiger charge is 2.37. The molecule has 28 heavy (non-hydrogen) atoms. The van der Waals surface area contributed by atoms with Gasteiger partial charge in [-0.15, -0.1) is 5.10 Å². The van der Waals surface area contributed by atoms with Crippen molar-refractivity contribution in [1.82, 2.24) is 4.90 Å². The molecule has 0 aromatic heterocycles. The summed E-state index contributed by atoms with van der Waals surface area (Å²) in [4.78, 5) is 14.6. The van der Waals surface area contributed by atoms with Crippen molar-refractivity contribution in [3.05, 3.63) is 64.7 Å². The summed E-state index contributed by atoms with van der Waals surface area (Å²) in [6.45, 7) is 2.54. The average Bonchev–Trinajstić information content (AvgIpc) is 2.99. The van der Waals surface area contributed by atoms with Crippen LogP contribution in [-0.2, 0) is 11.3 Å². The van der Waals surface area contributed by atoms with Gasteiger partial charge in [-0.2, -0.15) is 5.10 Å². The third-order valence-corrected chi connectivity index (χ3v) is 5.78. The first-order chi connectivity index (χ1) is 13.6. The number of methoxy groups -OCH3 is 1. The maximum Gasteiger partial charge on any atom is 0.242 e. The van der Waals surface area contributed by atoms with Crippen molar-refractivity contribution >= 4 is 40.7 Å². The molecule has 0 aliphatic carbocycles. The van der Waals surface area contributed by atoms with Crippen LogP contribution in [-0.4, -0.2) is 34.5 Å². The smallest absolute Gasteiger partial charge is 0.242 e. The number of carbonyl (C=O) groups excluding carboxylic acids is 1. The third kappa shape index (κ3) is 5.14. The van der Waals surface area contributed by atoms with E-state index in [9.17, 15) is 4.79 Å². The van der Waals surface area contributed by atoms with E-state index in [4.69, 9.17) is 16.3 Å². The molecule has 1 aliphatic rings. The summed E-state index contributed by atoms with van der Waals surface area (Å²) in [5, 5.41) is 9.72. The maximum absolute atomic E-state index is 12.8. The van der Waals surface area contributed by atoms with Crippen molar-refractivity contribution in [3.63, 3.8) is 0 Å². The molecular weight excluding hydrogens is 394 g/mol. The molecule has 5 nitrogen and oxygen atoms in total. The highest BCUT2D eigenvalue weighted by Crippen LogP contribution is 2.32. The minimum absolute atomic E-state index is 0.0862. The van der Waals surface area contributed by atoms with Gasteiger partial charge in [-0.1, -0.05) is 61.0 Å². The summed E-state index contributed by atoms with van der Waals surface area (Å²) in [5.41, 5.74) is 1.91. The van der Waals surface area contributed by atoms with Gasteiger partial charge in [0.1, 0.15) is 5.75 Å². The number of halogens is 1. The predicted molar refractivity (Wildman–Crippen MR) is 116 cm³/mol. The fourth-order valence-corrected chi connectivity index (χ4v) is 4.12. The van der Waals surface area contributed by atoms with Crippen molar-refractivity contribution in [3.8, 4) is 5.75 Å². The zero-order valence-corrected chi connectivity index (χ0v) is 17.4. The first-order valence-corrected chi connectivity index (χ1v) is 10.3. The van der Waals surface area contributed by atoms with Crippen LogP contribution < -0.4 is 4.74 Å². The number of hydrogen-bond acceptors (Lipinski definition) is 5. The molecule has 1 amide bonds. The van der Waals surface area contributed by atoms with Crippen LogP contribution in [0.5, 0.6) is 5.75 Å². The number of hydrogen-bond donors (Lipinski definition) is 0. The normalized spacial score (nSPS) is 18.4. The Morgan fingerprint density at radius 3 is 2.54 bits per heavy atom. The molecule has 7 heteroatoms. The average molecular weight is 416 g/mol. The lowest BCUT2D eigenvalue weighted by Crippen LogP contribution is -2.31. The monoisotopic (exact) mass is 415 g/mol. The van der Waals surface area contributed by atoms with E-state index in [0.717, 1.165) is 29.7 Å². The first kappa shape index (κ1) is 20.4. The minimum atomic E-state index is -0.104. The topological polar surface area (TPSA) is 54.3 Å². The van der Waals surface area contributed by atoms with Crippen molar-refractivity contribution < 1.29 is 9.53 Å². The van der Waals surface area contributed by atoms with E-state index in [-0.39, 0.29) is 11.2 Å². The van der Waals surface area contributed by atoms with Crippen LogP contribution in [0.3, 0.4) is 0 Å². The molecule has 3 rings (SSSR count). The molecule has 1 unspecified atom stereocenters. The lowest BCUT2D eigenvalue weighted by molar-refractivity contribution is -0.126. The summed E-state index contributed by atoms with van der Waals surface area (Å²) >= 11 is 7.38. The molecular formula is C21H22ClN3O2S. The van der Waals surface area contributed by atoms with E-state index < -0.39 is 0 Å². The van der Waals surface area contributed by atoms with Crippen LogP contribution >= 0.6 is 23.4 Å². The van der Waals surface area contributed by atoms with Gasteiger partial charge in [-0.3, -0.25) is 9.69 Å². The minimum Gasteiger partial charge on any atom is -0.497 e. The Bertz CT molecular complexity index is 866. The molecule has 0 radical (unpaired) electrons. The molecule has 2 aromatic rings. The van der Waals surface area contributed by atoms with Gasteiger partial charge in [-0.05, 0) is 41.8 Å². The number of amidine groups is 1. The fraction of sp³-hybridized carbons (Fsp3) is 0.286. The fourth-order valence-electron chi connectivity index (χ4n) is 2.78. The molecule has 0 spiro atoms. The van der Waals surface area contributed by atoms with Gasteiger partial charge in [0.25, 0.3) is 0 Å². The number of thioether (sulfide) groups is 1. The predicted octanol–water partition coefficient (Wildman–Crippen LogP) is 4.98. The lowest BCUT2D eigenvalue weighted by atomic mass is 10.2. The second-order valence-electron chi connectivity index (χ2n) is 6.35. The zero-order valence-electron chi connectivity index (χ0n) is 15.8. The summed E-state index contributed by atoms with van der Waals surface area (Å²) in [6, 6.07) is 15.0. The molecule has 0 saturated carbocycles. The number of amides is 1. The molecule has 1 aliphatic heterocycles. The molecule has 2 aromatic carbocycles. The van der Waals surface area contributed by atoms with Crippen molar-refractivity contribution in [2.24, 2.45) is 10.2 Å². The SMILES string of the molecule is CCCC1S/C(=N/N=C/c2ccc(Cl)cc2)N(Cc2ccc(OC)cc2)C1=O. The van der Waals surface area contributed by atoms with Crippen LogP contribution in [0.1, 0.15) is 30.9 Å². The number of rotatable bonds is 7. The van der Waals surface area contributed by atoms with Gasteiger partial charge in [0.05, 0.1) is 25.1 Å². The molecule has 1 heterocycles. The molecule has 146 valence electrons. The van der Waals surface area contributed by atoms with Crippen LogP contribution in [0.4, 0.5) is 0 Å². The number of benzene rings is 2. The van der Waals surface area contributed by atoms with Crippen LogP contribution in [0.25, 0.3) is 0 Å². The van der Waals surface area contributed by atoms with Crippen LogP contribution in [0.15, 0.2) is 58.7 Å². The Morgan fingerprint density at radius 1 is 1.18 bits per heavy atom. The van der Waals surface area contributed by atoms with Gasteiger partial charge >= 0.3 is 0 Å². The Labute approximate surface area is 174 Å². The third-order valence-electron chi connectivity index (χ3n) is 4.29. The Hall–Kier alpha value is -2.31. The Morgan fingerprint density at radius 2 is 1.89 bits per heavy atom. The van der Waals surface area contributed by atoms with Gasteiger partial charge in [0.2, 0.25) is 5.91 Å². The van der Waals surface area contributed by atoms with Gasteiger partial charge in [0, 0.05) is 5.02 Å². The molecule has 0 N–H and O–H groups in total. The number of carbonyl (C=O) groups is 1. The summed E-state index contributed by atoms with van der Waals surface area (Å²) in [6.07, 6.45) is 3.43. The summed E-state index contributed by atoms with van der Waals surface area (Å²) in [5.74, 6) is 0.874. The highest BCUT2D eigenvalue weighted by atomic mass is 35.5. The Balaban J connectivity index is 1.78. The van der Waals surface area contributed by atoms with Crippen LogP contribution in [0, 0.1) is 0 Å². The molecule has 1 saturated heterocycles. The second-order valence-corrected chi connectivity index (χ2v) is 7.95.